The second-order valence-corrected chi connectivity index (χ2v) is 4.07. The van der Waals surface area contributed by atoms with E-state index in [0.717, 1.165) is 5.39 Å². The molecule has 114 valence electrons. The summed E-state index contributed by atoms with van der Waals surface area (Å²) in [6.07, 6.45) is 1.27. The molecule has 0 saturated heterocycles. The third kappa shape index (κ3) is 2.93. The molecule has 3 aromatic rings. The smallest absolute Gasteiger partial charge is 0.168 e. The molecule has 0 fully saturated rings. The summed E-state index contributed by atoms with van der Waals surface area (Å²) in [6, 6.07) is 8.06. The predicted octanol–water partition coefficient (Wildman–Crippen LogP) is 3.78. The Labute approximate surface area is 128 Å². The van der Waals surface area contributed by atoms with Gasteiger partial charge < -0.3 is 5.11 Å². The van der Waals surface area contributed by atoms with Crippen molar-refractivity contribution in [3.05, 3.63) is 41.7 Å². The normalized spacial score (nSPS) is 9.55. The summed E-state index contributed by atoms with van der Waals surface area (Å²) in [5.74, 6) is -0.0678. The van der Waals surface area contributed by atoms with Crippen molar-refractivity contribution in [1.29, 1.82) is 0 Å². The summed E-state index contributed by atoms with van der Waals surface area (Å²) in [7, 11) is 0. The minimum atomic E-state index is -0.0678. The minimum Gasteiger partial charge on any atom is -0.506 e. The van der Waals surface area contributed by atoms with Gasteiger partial charge in [0, 0.05) is 16.8 Å². The number of carbonyl (C=O) groups excluding carboxylic acids is 2. The molecule has 0 aliphatic carbocycles. The minimum absolute atomic E-state index is 0. The van der Waals surface area contributed by atoms with Crippen LogP contribution in [0.1, 0.15) is 42.3 Å². The van der Waals surface area contributed by atoms with E-state index in [-0.39, 0.29) is 18.9 Å². The van der Waals surface area contributed by atoms with Gasteiger partial charge in [0.25, 0.3) is 0 Å². The van der Waals surface area contributed by atoms with E-state index in [4.69, 9.17) is 0 Å². The first kappa shape index (κ1) is 17.2. The molecule has 0 atom stereocenters. The molecule has 5 nitrogen and oxygen atoms in total. The molecule has 22 heavy (non-hydrogen) atoms. The molecule has 0 saturated carbocycles. The summed E-state index contributed by atoms with van der Waals surface area (Å²) in [4.78, 5) is 29.6. The number of benzene rings is 1. The van der Waals surface area contributed by atoms with E-state index in [1.54, 1.807) is 24.3 Å². The van der Waals surface area contributed by atoms with Crippen molar-refractivity contribution in [2.45, 2.75) is 21.3 Å². The molecule has 0 amide bonds. The van der Waals surface area contributed by atoms with Gasteiger partial charge in [-0.25, -0.2) is 9.97 Å². The van der Waals surface area contributed by atoms with Crippen LogP contribution in [-0.4, -0.2) is 27.6 Å². The number of hydrogen-bond acceptors (Lipinski definition) is 5. The molecule has 2 heterocycles. The number of phenols is 1. The average Bonchev–Trinajstić information content (AvgIpc) is 2.56. The van der Waals surface area contributed by atoms with Crippen LogP contribution in [0.4, 0.5) is 0 Å². The Hall–Kier alpha value is -2.82. The van der Waals surface area contributed by atoms with Crippen LogP contribution in [0.25, 0.3) is 21.8 Å². The summed E-state index contributed by atoms with van der Waals surface area (Å²) in [5, 5.41) is 11.4. The van der Waals surface area contributed by atoms with Crippen LogP contribution in [0.5, 0.6) is 5.75 Å². The van der Waals surface area contributed by atoms with Crippen LogP contribution in [0, 0.1) is 0 Å². The van der Waals surface area contributed by atoms with Gasteiger partial charge >= 0.3 is 0 Å². The first-order chi connectivity index (χ1) is 10.2. The number of phenolic OH excluding ortho intramolecular Hbond substituents is 1. The Morgan fingerprint density at radius 2 is 1.45 bits per heavy atom. The van der Waals surface area contributed by atoms with E-state index in [9.17, 15) is 14.7 Å². The van der Waals surface area contributed by atoms with Crippen molar-refractivity contribution in [3.8, 4) is 5.75 Å². The Morgan fingerprint density at radius 1 is 0.909 bits per heavy atom. The number of carbonyl (C=O) groups is 2. The Balaban J connectivity index is 0.000000775. The Morgan fingerprint density at radius 3 is 2.05 bits per heavy atom. The SMILES string of the molecule is C.CC.O=Cc1ccc2c(cc(O)c3nc(C=O)ccc32)n1. The van der Waals surface area contributed by atoms with Crippen LogP contribution in [0.15, 0.2) is 30.3 Å². The van der Waals surface area contributed by atoms with Crippen molar-refractivity contribution in [2.75, 3.05) is 0 Å². The van der Waals surface area contributed by atoms with Gasteiger partial charge in [0.1, 0.15) is 22.7 Å². The summed E-state index contributed by atoms with van der Waals surface area (Å²) in [5.41, 5.74) is 1.40. The predicted molar refractivity (Wildman–Crippen MR) is 87.6 cm³/mol. The number of hydrogen-bond donors (Lipinski definition) is 1. The quantitative estimate of drug-likeness (QED) is 0.575. The van der Waals surface area contributed by atoms with Crippen molar-refractivity contribution < 1.29 is 14.7 Å². The highest BCUT2D eigenvalue weighted by atomic mass is 16.3. The molecule has 0 radical (unpaired) electrons. The zero-order valence-electron chi connectivity index (χ0n) is 11.7. The van der Waals surface area contributed by atoms with Gasteiger partial charge in [-0.1, -0.05) is 21.3 Å². The van der Waals surface area contributed by atoms with Gasteiger partial charge in [0.2, 0.25) is 0 Å². The van der Waals surface area contributed by atoms with Crippen LogP contribution in [0.3, 0.4) is 0 Å². The highest BCUT2D eigenvalue weighted by Crippen LogP contribution is 2.30. The lowest BCUT2D eigenvalue weighted by Crippen LogP contribution is -1.92. The zero-order chi connectivity index (χ0) is 15.4. The number of rotatable bonds is 2. The Bertz CT molecular complexity index is 829. The van der Waals surface area contributed by atoms with Crippen molar-refractivity contribution >= 4 is 34.4 Å². The largest absolute Gasteiger partial charge is 0.506 e. The molecule has 0 bridgehead atoms. The first-order valence-corrected chi connectivity index (χ1v) is 6.57. The highest BCUT2D eigenvalue weighted by molar-refractivity contribution is 6.08. The first-order valence-electron chi connectivity index (χ1n) is 6.57. The molecule has 5 heteroatoms. The number of aromatic nitrogens is 2. The molecule has 3 rings (SSSR count). The number of aromatic hydroxyl groups is 1. The maximum atomic E-state index is 10.7. The maximum Gasteiger partial charge on any atom is 0.168 e. The lowest BCUT2D eigenvalue weighted by atomic mass is 10.1. The number of pyridine rings is 2. The van der Waals surface area contributed by atoms with Gasteiger partial charge in [-0.3, -0.25) is 9.59 Å². The maximum absolute atomic E-state index is 10.7. The van der Waals surface area contributed by atoms with E-state index in [0.29, 0.717) is 34.7 Å². The molecular formula is C17H18N2O3. The fraction of sp³-hybridized carbons (Fsp3) is 0.176. The summed E-state index contributed by atoms with van der Waals surface area (Å²) < 4.78 is 0. The van der Waals surface area contributed by atoms with Crippen LogP contribution in [0.2, 0.25) is 0 Å². The van der Waals surface area contributed by atoms with Crippen LogP contribution in [-0.2, 0) is 0 Å². The van der Waals surface area contributed by atoms with Crippen molar-refractivity contribution in [3.63, 3.8) is 0 Å². The third-order valence-corrected chi connectivity index (χ3v) is 2.91. The van der Waals surface area contributed by atoms with E-state index in [1.807, 2.05) is 13.8 Å². The van der Waals surface area contributed by atoms with E-state index in [1.165, 1.54) is 6.07 Å². The fourth-order valence-electron chi connectivity index (χ4n) is 2.04. The highest BCUT2D eigenvalue weighted by Gasteiger charge is 2.09. The molecule has 1 N–H and O–H groups in total. The third-order valence-electron chi connectivity index (χ3n) is 2.91. The summed E-state index contributed by atoms with van der Waals surface area (Å²) >= 11 is 0. The fourth-order valence-corrected chi connectivity index (χ4v) is 2.04. The molecule has 0 unspecified atom stereocenters. The zero-order valence-corrected chi connectivity index (χ0v) is 11.7. The monoisotopic (exact) mass is 298 g/mol. The van der Waals surface area contributed by atoms with Gasteiger partial charge in [-0.05, 0) is 24.3 Å². The molecule has 1 aromatic carbocycles. The molecular weight excluding hydrogens is 280 g/mol. The molecule has 0 spiro atoms. The van der Waals surface area contributed by atoms with Crippen molar-refractivity contribution in [1.82, 2.24) is 9.97 Å². The summed E-state index contributed by atoms with van der Waals surface area (Å²) in [6.45, 7) is 4.00. The van der Waals surface area contributed by atoms with E-state index >= 15 is 0 Å². The Kier molecular flexibility index (Phi) is 5.69. The lowest BCUT2D eigenvalue weighted by Gasteiger charge is -2.06. The topological polar surface area (TPSA) is 80.1 Å². The average molecular weight is 298 g/mol. The van der Waals surface area contributed by atoms with Crippen LogP contribution < -0.4 is 0 Å². The van der Waals surface area contributed by atoms with E-state index < -0.39 is 0 Å². The van der Waals surface area contributed by atoms with Gasteiger partial charge in [-0.2, -0.15) is 0 Å². The molecule has 0 aliphatic rings. The van der Waals surface area contributed by atoms with Crippen molar-refractivity contribution in [2.24, 2.45) is 0 Å². The van der Waals surface area contributed by atoms with Crippen LogP contribution >= 0.6 is 0 Å². The number of fused-ring (bicyclic) bond motifs is 3. The molecule has 0 aliphatic heterocycles. The van der Waals surface area contributed by atoms with Gasteiger partial charge in [0.15, 0.2) is 12.6 Å². The number of aldehydes is 2. The second-order valence-electron chi connectivity index (χ2n) is 4.07. The lowest BCUT2D eigenvalue weighted by molar-refractivity contribution is 0.111. The molecule has 2 aromatic heterocycles. The van der Waals surface area contributed by atoms with Gasteiger partial charge in [0.05, 0.1) is 5.52 Å². The second kappa shape index (κ2) is 7.26. The van der Waals surface area contributed by atoms with Gasteiger partial charge in [-0.15, -0.1) is 0 Å². The van der Waals surface area contributed by atoms with E-state index in [2.05, 4.69) is 9.97 Å². The standard InChI is InChI=1S/C14H8N2O3.C2H6.CH4/c17-6-8-1-3-10-11-4-2-9(7-18)16-14(11)13(19)5-12(10)15-8;1-2;/h1-7,19H;1-2H3;1H4. The number of nitrogens with zero attached hydrogens (tertiary/aromatic N) is 2.